The fourth-order valence-electron chi connectivity index (χ4n) is 2.01. The molecule has 0 aliphatic carbocycles. The van der Waals surface area contributed by atoms with Gasteiger partial charge in [-0.1, -0.05) is 0 Å². The second kappa shape index (κ2) is 8.69. The summed E-state index contributed by atoms with van der Waals surface area (Å²) in [4.78, 5) is 13.6. The zero-order valence-electron chi connectivity index (χ0n) is 14.1. The van der Waals surface area contributed by atoms with Crippen molar-refractivity contribution in [3.63, 3.8) is 0 Å². The summed E-state index contributed by atoms with van der Waals surface area (Å²) in [5.74, 6) is 1.26. The van der Waals surface area contributed by atoms with E-state index in [-0.39, 0.29) is 11.8 Å². The van der Waals surface area contributed by atoms with Crippen molar-refractivity contribution >= 4 is 12.0 Å². The van der Waals surface area contributed by atoms with E-state index < -0.39 is 0 Å². The van der Waals surface area contributed by atoms with Crippen LogP contribution in [0.4, 0.5) is 0 Å². The van der Waals surface area contributed by atoms with E-state index in [1.54, 1.807) is 53.5 Å². The van der Waals surface area contributed by atoms with E-state index in [4.69, 9.17) is 19.5 Å². The molecule has 0 unspecified atom stereocenters. The maximum atomic E-state index is 12.1. The summed E-state index contributed by atoms with van der Waals surface area (Å²) in [5.41, 5.74) is 0.695. The zero-order chi connectivity index (χ0) is 17.4. The Bertz CT molecular complexity index is 620. The minimum Gasteiger partial charge on any atom is -0.496 e. The highest BCUT2D eigenvalue weighted by Crippen LogP contribution is 2.35. The van der Waals surface area contributed by atoms with Crippen molar-refractivity contribution < 1.29 is 19.0 Å². The molecule has 0 aliphatic rings. The van der Waals surface area contributed by atoms with Gasteiger partial charge in [0, 0.05) is 31.3 Å². The third kappa shape index (κ3) is 4.92. The van der Waals surface area contributed by atoms with Gasteiger partial charge in [-0.05, 0) is 19.1 Å². The molecule has 0 radical (unpaired) electrons. The van der Waals surface area contributed by atoms with E-state index >= 15 is 0 Å². The first kappa shape index (κ1) is 18.4. The standard InChI is InChI=1S/C17H22N2O4/c1-12(10-18)11-19(2)17(20)7-6-13-8-15(22-4)16(23-5)9-14(13)21-3/h6-9,12H,11H2,1-5H3/b7-6-/t12-/m1/s1. The second-order valence-electron chi connectivity index (χ2n) is 5.03. The lowest BCUT2D eigenvalue weighted by Gasteiger charge is -2.16. The minimum atomic E-state index is -0.215. The molecular formula is C17H22N2O4. The molecule has 0 fully saturated rings. The molecule has 0 aromatic heterocycles. The van der Waals surface area contributed by atoms with Gasteiger partial charge >= 0.3 is 0 Å². The van der Waals surface area contributed by atoms with Gasteiger partial charge in [-0.2, -0.15) is 5.26 Å². The molecule has 0 saturated heterocycles. The lowest BCUT2D eigenvalue weighted by Crippen LogP contribution is -2.29. The smallest absolute Gasteiger partial charge is 0.246 e. The number of nitriles is 1. The maximum Gasteiger partial charge on any atom is 0.246 e. The van der Waals surface area contributed by atoms with E-state index in [0.29, 0.717) is 29.4 Å². The number of methoxy groups -OCH3 is 3. The van der Waals surface area contributed by atoms with Crippen LogP contribution >= 0.6 is 0 Å². The van der Waals surface area contributed by atoms with Gasteiger partial charge in [0.1, 0.15) is 5.75 Å². The van der Waals surface area contributed by atoms with Crippen molar-refractivity contribution in [3.05, 3.63) is 23.8 Å². The van der Waals surface area contributed by atoms with E-state index in [1.807, 2.05) is 0 Å². The lowest BCUT2D eigenvalue weighted by molar-refractivity contribution is -0.125. The van der Waals surface area contributed by atoms with Crippen molar-refractivity contribution in [3.8, 4) is 23.3 Å². The first-order valence-electron chi connectivity index (χ1n) is 7.09. The minimum absolute atomic E-state index is 0.191. The molecule has 1 atom stereocenters. The van der Waals surface area contributed by atoms with Gasteiger partial charge in [-0.3, -0.25) is 4.79 Å². The van der Waals surface area contributed by atoms with Gasteiger partial charge in [0.2, 0.25) is 5.91 Å². The maximum absolute atomic E-state index is 12.1. The number of likely N-dealkylation sites (N-methyl/N-ethyl adjacent to an activating group) is 1. The molecule has 0 spiro atoms. The molecule has 23 heavy (non-hydrogen) atoms. The Morgan fingerprint density at radius 1 is 1.22 bits per heavy atom. The van der Waals surface area contributed by atoms with Crippen LogP contribution in [0.2, 0.25) is 0 Å². The highest BCUT2D eigenvalue weighted by Gasteiger charge is 2.12. The number of hydrogen-bond acceptors (Lipinski definition) is 5. The van der Waals surface area contributed by atoms with Crippen molar-refractivity contribution in [1.82, 2.24) is 4.90 Å². The van der Waals surface area contributed by atoms with Gasteiger partial charge in [0.25, 0.3) is 0 Å². The normalized spacial score (nSPS) is 11.7. The highest BCUT2D eigenvalue weighted by molar-refractivity contribution is 5.92. The molecule has 1 rings (SSSR count). The molecule has 124 valence electrons. The van der Waals surface area contributed by atoms with Crippen molar-refractivity contribution in [1.29, 1.82) is 5.26 Å². The Morgan fingerprint density at radius 3 is 2.30 bits per heavy atom. The SMILES string of the molecule is COc1cc(OC)c(OC)cc1/C=C\C(=O)N(C)C[C@H](C)C#N. The summed E-state index contributed by atoms with van der Waals surface area (Å²) in [7, 11) is 6.29. The number of carbonyl (C=O) groups is 1. The molecule has 1 aromatic carbocycles. The molecule has 0 heterocycles. The lowest BCUT2D eigenvalue weighted by atomic mass is 10.1. The van der Waals surface area contributed by atoms with Gasteiger partial charge in [-0.25, -0.2) is 0 Å². The number of hydrogen-bond donors (Lipinski definition) is 0. The number of benzene rings is 1. The Morgan fingerprint density at radius 2 is 1.78 bits per heavy atom. The van der Waals surface area contributed by atoms with Crippen LogP contribution in [0.5, 0.6) is 17.2 Å². The number of amides is 1. The zero-order valence-corrected chi connectivity index (χ0v) is 14.1. The van der Waals surface area contributed by atoms with Crippen LogP contribution in [0.25, 0.3) is 6.08 Å². The molecule has 6 heteroatoms. The number of ether oxygens (including phenoxy) is 3. The molecule has 0 aliphatic heterocycles. The van der Waals surface area contributed by atoms with Crippen LogP contribution in [0.15, 0.2) is 18.2 Å². The van der Waals surface area contributed by atoms with Crippen LogP contribution in [-0.4, -0.2) is 45.7 Å². The molecule has 6 nitrogen and oxygen atoms in total. The molecule has 1 amide bonds. The third-order valence-electron chi connectivity index (χ3n) is 3.29. The van der Waals surface area contributed by atoms with Crippen LogP contribution < -0.4 is 14.2 Å². The Hall–Kier alpha value is -2.68. The third-order valence-corrected chi connectivity index (χ3v) is 3.29. The quantitative estimate of drug-likeness (QED) is 0.722. The molecule has 0 N–H and O–H groups in total. The first-order chi connectivity index (χ1) is 11.0. The molecule has 0 bridgehead atoms. The molecular weight excluding hydrogens is 296 g/mol. The van der Waals surface area contributed by atoms with Crippen molar-refractivity contribution in [2.24, 2.45) is 5.92 Å². The average molecular weight is 318 g/mol. The summed E-state index contributed by atoms with van der Waals surface area (Å²) in [5, 5.41) is 8.80. The number of nitrogens with zero attached hydrogens (tertiary/aromatic N) is 2. The number of rotatable bonds is 7. The van der Waals surface area contributed by atoms with Crippen molar-refractivity contribution in [2.75, 3.05) is 34.9 Å². The first-order valence-corrected chi connectivity index (χ1v) is 7.09. The van der Waals surface area contributed by atoms with E-state index in [2.05, 4.69) is 6.07 Å². The van der Waals surface area contributed by atoms with Gasteiger partial charge < -0.3 is 19.1 Å². The van der Waals surface area contributed by atoms with Crippen LogP contribution in [0.1, 0.15) is 12.5 Å². The van der Waals surface area contributed by atoms with Gasteiger partial charge in [0.05, 0.1) is 33.3 Å². The molecule has 0 saturated carbocycles. The van der Waals surface area contributed by atoms with Crippen LogP contribution in [-0.2, 0) is 4.79 Å². The van der Waals surface area contributed by atoms with E-state index in [0.717, 1.165) is 0 Å². The second-order valence-corrected chi connectivity index (χ2v) is 5.03. The van der Waals surface area contributed by atoms with Crippen LogP contribution in [0.3, 0.4) is 0 Å². The fraction of sp³-hybridized carbons (Fsp3) is 0.412. The highest BCUT2D eigenvalue weighted by atomic mass is 16.5. The fourth-order valence-corrected chi connectivity index (χ4v) is 2.01. The van der Waals surface area contributed by atoms with E-state index in [1.165, 1.54) is 11.0 Å². The largest absolute Gasteiger partial charge is 0.496 e. The summed E-state index contributed by atoms with van der Waals surface area (Å²) in [6.07, 6.45) is 3.09. The Labute approximate surface area is 136 Å². The molecule has 1 aromatic rings. The summed E-state index contributed by atoms with van der Waals surface area (Å²) in [6.45, 7) is 2.15. The van der Waals surface area contributed by atoms with Crippen LogP contribution in [0, 0.1) is 17.2 Å². The number of carbonyl (C=O) groups excluding carboxylic acids is 1. The summed E-state index contributed by atoms with van der Waals surface area (Å²) >= 11 is 0. The Kier molecular flexibility index (Phi) is 6.94. The summed E-state index contributed by atoms with van der Waals surface area (Å²) in [6, 6.07) is 5.54. The summed E-state index contributed by atoms with van der Waals surface area (Å²) < 4.78 is 15.8. The predicted octanol–water partition coefficient (Wildman–Crippen LogP) is 2.34. The van der Waals surface area contributed by atoms with E-state index in [9.17, 15) is 4.79 Å². The monoisotopic (exact) mass is 318 g/mol. The predicted molar refractivity (Wildman–Crippen MR) is 87.5 cm³/mol. The average Bonchev–Trinajstić information content (AvgIpc) is 2.58. The van der Waals surface area contributed by atoms with Gasteiger partial charge in [-0.15, -0.1) is 0 Å². The van der Waals surface area contributed by atoms with Gasteiger partial charge in [0.15, 0.2) is 11.5 Å². The Balaban J connectivity index is 2.99. The topological polar surface area (TPSA) is 71.8 Å². The van der Waals surface area contributed by atoms with Crippen molar-refractivity contribution in [2.45, 2.75) is 6.92 Å².